The van der Waals surface area contributed by atoms with Crippen molar-refractivity contribution < 1.29 is 24.3 Å². The van der Waals surface area contributed by atoms with E-state index in [4.69, 9.17) is 5.11 Å². The monoisotopic (exact) mass is 558 g/mol. The number of carboxylic acid groups (broad SMARTS) is 1. The van der Waals surface area contributed by atoms with Gasteiger partial charge in [-0.15, -0.1) is 0 Å². The van der Waals surface area contributed by atoms with Gasteiger partial charge in [0.2, 0.25) is 0 Å². The van der Waals surface area contributed by atoms with Crippen molar-refractivity contribution in [3.05, 3.63) is 114 Å². The predicted octanol–water partition coefficient (Wildman–Crippen LogP) is 9.28. The summed E-state index contributed by atoms with van der Waals surface area (Å²) in [5.41, 5.74) is 2.25. The maximum Gasteiger partial charge on any atom is 0.335 e. The average molecular weight is 559 g/mol. The van der Waals surface area contributed by atoms with E-state index in [0.29, 0.717) is 18.4 Å². The summed E-state index contributed by atoms with van der Waals surface area (Å²) in [7, 11) is 0. The van der Waals surface area contributed by atoms with Crippen LogP contribution >= 0.6 is 0 Å². The van der Waals surface area contributed by atoms with Crippen molar-refractivity contribution in [1.29, 1.82) is 0 Å². The van der Waals surface area contributed by atoms with E-state index < -0.39 is 5.97 Å². The van der Waals surface area contributed by atoms with Crippen LogP contribution in [0.1, 0.15) is 105 Å². The Hall–Kier alpha value is -4.12. The Morgan fingerprint density at radius 2 is 1.15 bits per heavy atom. The lowest BCUT2D eigenvalue weighted by Gasteiger charge is -1.99. The summed E-state index contributed by atoms with van der Waals surface area (Å²) in [6.07, 6.45) is 13.0. The van der Waals surface area contributed by atoms with Gasteiger partial charge in [0.25, 0.3) is 0 Å². The number of aromatic carboxylic acids is 1. The number of Topliss-reactive ketones (excluding diaryl/α,β-unsaturated/α-hetero) is 1. The number of rotatable bonds is 13. The van der Waals surface area contributed by atoms with Gasteiger partial charge >= 0.3 is 5.97 Å². The molecule has 0 fully saturated rings. The summed E-state index contributed by atoms with van der Waals surface area (Å²) in [6.45, 7) is 6.23. The molecule has 0 saturated heterocycles. The van der Waals surface area contributed by atoms with Crippen LogP contribution in [-0.4, -0.2) is 28.9 Å². The largest absolute Gasteiger partial charge is 0.478 e. The van der Waals surface area contributed by atoms with E-state index in [1.54, 1.807) is 36.4 Å². The smallest absolute Gasteiger partial charge is 0.335 e. The van der Waals surface area contributed by atoms with Crippen molar-refractivity contribution in [3.8, 4) is 0 Å². The number of ketones is 2. The highest BCUT2D eigenvalue weighted by atomic mass is 16.4. The van der Waals surface area contributed by atoms with E-state index in [1.165, 1.54) is 6.42 Å². The molecule has 0 aromatic heterocycles. The Kier molecular flexibility index (Phi) is 23.5. The number of carbonyl (C=O) groups excluding carboxylic acids is 3. The molecule has 0 aliphatic heterocycles. The lowest BCUT2D eigenvalue weighted by atomic mass is 10.1. The fourth-order valence-corrected chi connectivity index (χ4v) is 3.26. The van der Waals surface area contributed by atoms with Crippen LogP contribution in [0.15, 0.2) is 97.1 Å². The molecule has 41 heavy (non-hydrogen) atoms. The Labute approximate surface area is 246 Å². The van der Waals surface area contributed by atoms with E-state index >= 15 is 0 Å². The number of carbonyl (C=O) groups is 4. The van der Waals surface area contributed by atoms with Crippen molar-refractivity contribution in [2.45, 2.75) is 78.6 Å². The zero-order valence-corrected chi connectivity index (χ0v) is 24.8. The number of unbranched alkanes of at least 4 members (excludes halogenated alkanes) is 4. The van der Waals surface area contributed by atoms with Crippen LogP contribution in [0.5, 0.6) is 0 Å². The fourth-order valence-electron chi connectivity index (χ4n) is 3.26. The van der Waals surface area contributed by atoms with Gasteiger partial charge in [-0.05, 0) is 43.0 Å². The van der Waals surface area contributed by atoms with Gasteiger partial charge in [0, 0.05) is 24.8 Å². The summed E-state index contributed by atoms with van der Waals surface area (Å²) in [5, 5.41) is 8.38. The van der Waals surface area contributed by atoms with Crippen LogP contribution in [-0.2, 0) is 9.59 Å². The maximum absolute atomic E-state index is 11.5. The molecule has 0 saturated carbocycles. The zero-order valence-electron chi connectivity index (χ0n) is 24.8. The van der Waals surface area contributed by atoms with E-state index in [-0.39, 0.29) is 11.6 Å². The molecule has 0 spiro atoms. The first-order valence-corrected chi connectivity index (χ1v) is 14.5. The van der Waals surface area contributed by atoms with E-state index in [2.05, 4.69) is 13.8 Å². The molecule has 3 rings (SSSR count). The average Bonchev–Trinajstić information content (AvgIpc) is 3.01. The summed E-state index contributed by atoms with van der Waals surface area (Å²) in [6, 6.07) is 27.7. The second-order valence-corrected chi connectivity index (χ2v) is 9.19. The Morgan fingerprint density at radius 1 is 0.634 bits per heavy atom. The minimum absolute atomic E-state index is 0.200. The van der Waals surface area contributed by atoms with E-state index in [9.17, 15) is 19.2 Å². The molecule has 1 N–H and O–H groups in total. The van der Waals surface area contributed by atoms with E-state index in [1.807, 2.05) is 73.7 Å². The molecule has 5 nitrogen and oxygen atoms in total. The van der Waals surface area contributed by atoms with Gasteiger partial charge < -0.3 is 9.90 Å². The van der Waals surface area contributed by atoms with Crippen molar-refractivity contribution in [2.75, 3.05) is 0 Å². The lowest BCUT2D eigenvalue weighted by molar-refractivity contribution is -0.114. The Bertz CT molecular complexity index is 1110. The molecular weight excluding hydrogens is 512 g/mol. The van der Waals surface area contributed by atoms with Crippen LogP contribution < -0.4 is 0 Å². The number of carboxylic acids is 1. The maximum atomic E-state index is 11.5. The molecule has 0 aliphatic rings. The highest BCUT2D eigenvalue weighted by Crippen LogP contribution is 2.07. The minimum Gasteiger partial charge on any atom is -0.478 e. The standard InChI is InChI=1S/C12H14O.C12H16O.C7H6O2.C5H10O/c1-2-6-12(13)10-9-11-7-4-3-5-8-11;1-2-3-5-10-12(13)11-8-6-4-7-9-11;8-7(9)6-4-2-1-3-5-6;1-2-3-4-5-6/h3-5,7-10H,2,6H2,1H3;4,6-9H,2-3,5,10H2,1H3;1-5H,(H,8,9);5H,2-4H2,1H3/b10-9+;;;. The molecule has 0 aliphatic carbocycles. The number of benzene rings is 3. The third-order valence-corrected chi connectivity index (χ3v) is 5.56. The van der Waals surface area contributed by atoms with Gasteiger partial charge in [-0.2, -0.15) is 0 Å². The Morgan fingerprint density at radius 3 is 1.56 bits per heavy atom. The number of aldehydes is 1. The van der Waals surface area contributed by atoms with Crippen LogP contribution in [0.3, 0.4) is 0 Å². The lowest BCUT2D eigenvalue weighted by Crippen LogP contribution is -1.97. The molecule has 220 valence electrons. The topological polar surface area (TPSA) is 88.5 Å². The van der Waals surface area contributed by atoms with Crippen molar-refractivity contribution in [1.82, 2.24) is 0 Å². The first-order chi connectivity index (χ1) is 19.9. The highest BCUT2D eigenvalue weighted by molar-refractivity contribution is 5.96. The van der Waals surface area contributed by atoms with Crippen molar-refractivity contribution >= 4 is 29.9 Å². The van der Waals surface area contributed by atoms with Crippen LogP contribution in [0.4, 0.5) is 0 Å². The van der Waals surface area contributed by atoms with Gasteiger partial charge in [-0.25, -0.2) is 4.79 Å². The quantitative estimate of drug-likeness (QED) is 0.0977. The molecule has 0 bridgehead atoms. The predicted molar refractivity (Wildman–Crippen MR) is 169 cm³/mol. The van der Waals surface area contributed by atoms with Crippen molar-refractivity contribution in [3.63, 3.8) is 0 Å². The van der Waals surface area contributed by atoms with Gasteiger partial charge in [-0.3, -0.25) is 9.59 Å². The molecule has 3 aromatic carbocycles. The van der Waals surface area contributed by atoms with Gasteiger partial charge in [-0.1, -0.05) is 125 Å². The highest BCUT2D eigenvalue weighted by Gasteiger charge is 2.03. The zero-order chi connectivity index (χ0) is 30.6. The number of hydrogen-bond acceptors (Lipinski definition) is 4. The number of hydrogen-bond donors (Lipinski definition) is 1. The van der Waals surface area contributed by atoms with E-state index in [0.717, 1.165) is 55.9 Å². The fraction of sp³-hybridized carbons (Fsp3) is 0.333. The molecule has 0 radical (unpaired) electrons. The molecule has 5 heteroatoms. The molecule has 0 unspecified atom stereocenters. The molecular formula is C36H46O5. The first kappa shape index (κ1) is 36.9. The molecule has 0 heterocycles. The summed E-state index contributed by atoms with van der Waals surface area (Å²) >= 11 is 0. The second kappa shape index (κ2) is 26.1. The van der Waals surface area contributed by atoms with Crippen LogP contribution in [0, 0.1) is 0 Å². The van der Waals surface area contributed by atoms with Crippen LogP contribution in [0.2, 0.25) is 0 Å². The van der Waals surface area contributed by atoms with Gasteiger partial charge in [0.1, 0.15) is 6.29 Å². The summed E-state index contributed by atoms with van der Waals surface area (Å²) < 4.78 is 0. The Balaban J connectivity index is 0.000000541. The first-order valence-electron chi connectivity index (χ1n) is 14.5. The molecule has 3 aromatic rings. The number of allylic oxidation sites excluding steroid dienone is 1. The van der Waals surface area contributed by atoms with Crippen LogP contribution in [0.25, 0.3) is 6.08 Å². The molecule has 0 amide bonds. The van der Waals surface area contributed by atoms with Crippen molar-refractivity contribution in [2.24, 2.45) is 0 Å². The minimum atomic E-state index is -0.879. The molecule has 0 atom stereocenters. The third-order valence-electron chi connectivity index (χ3n) is 5.56. The normalized spacial score (nSPS) is 9.63. The van der Waals surface area contributed by atoms with Gasteiger partial charge in [0.05, 0.1) is 5.56 Å². The summed E-state index contributed by atoms with van der Waals surface area (Å²) in [4.78, 5) is 42.4. The third kappa shape index (κ3) is 21.4. The second-order valence-electron chi connectivity index (χ2n) is 9.19. The SMILES string of the molecule is CCCC(=O)/C=C/c1ccccc1.CCCCC=O.CCCCCC(=O)c1ccccc1.O=C(O)c1ccccc1. The summed E-state index contributed by atoms with van der Waals surface area (Å²) in [5.74, 6) is -0.406. The van der Waals surface area contributed by atoms with Gasteiger partial charge in [0.15, 0.2) is 11.6 Å².